The molecule has 9 heteroatoms. The fourth-order valence-corrected chi connectivity index (χ4v) is 3.64. The fraction of sp³-hybridized carbons (Fsp3) is 0.120. The van der Waals surface area contributed by atoms with Gasteiger partial charge in [-0.25, -0.2) is 19.3 Å². The van der Waals surface area contributed by atoms with E-state index in [0.29, 0.717) is 45.4 Å². The molecule has 4 aromatic rings. The molecule has 1 amide bonds. The molecule has 170 valence electrons. The molecule has 34 heavy (non-hydrogen) atoms. The lowest BCUT2D eigenvalue weighted by atomic mass is 10.0. The van der Waals surface area contributed by atoms with Crippen molar-refractivity contribution >= 4 is 40.0 Å². The molecule has 8 nitrogen and oxygen atoms in total. The summed E-state index contributed by atoms with van der Waals surface area (Å²) >= 11 is 0. The maximum absolute atomic E-state index is 15.0. The van der Waals surface area contributed by atoms with Crippen molar-refractivity contribution in [2.24, 2.45) is 0 Å². The molecule has 2 aromatic carbocycles. The second-order valence-corrected chi connectivity index (χ2v) is 7.88. The monoisotopic (exact) mass is 455 g/mol. The molecule has 5 rings (SSSR count). The number of carbonyl (C=O) groups excluding carboxylic acids is 1. The zero-order valence-corrected chi connectivity index (χ0v) is 18.2. The predicted octanol–water partition coefficient (Wildman–Crippen LogP) is 4.08. The van der Waals surface area contributed by atoms with E-state index < -0.39 is 5.82 Å². The highest BCUT2D eigenvalue weighted by molar-refractivity contribution is 6.00. The van der Waals surface area contributed by atoms with Gasteiger partial charge in [-0.15, -0.1) is 0 Å². The van der Waals surface area contributed by atoms with Crippen molar-refractivity contribution in [1.82, 2.24) is 20.3 Å². The smallest absolute Gasteiger partial charge is 0.247 e. The molecule has 1 aliphatic heterocycles. The topological polar surface area (TPSA) is 104 Å². The summed E-state index contributed by atoms with van der Waals surface area (Å²) in [6, 6.07) is 14.1. The molecule has 0 atom stereocenters. The van der Waals surface area contributed by atoms with Gasteiger partial charge in [0.2, 0.25) is 11.9 Å². The summed E-state index contributed by atoms with van der Waals surface area (Å²) < 4.78 is 15.0. The lowest BCUT2D eigenvalue weighted by molar-refractivity contribution is -0.111. The number of aromatic nitrogens is 3. The second-order valence-electron chi connectivity index (χ2n) is 7.88. The van der Waals surface area contributed by atoms with E-state index in [1.807, 2.05) is 12.1 Å². The van der Waals surface area contributed by atoms with Crippen molar-refractivity contribution in [2.45, 2.75) is 6.04 Å². The van der Waals surface area contributed by atoms with Crippen molar-refractivity contribution in [3.63, 3.8) is 0 Å². The Labute approximate surface area is 195 Å². The Morgan fingerprint density at radius 3 is 2.71 bits per heavy atom. The number of halogens is 1. The van der Waals surface area contributed by atoms with Crippen LogP contribution in [0.5, 0.6) is 0 Å². The first kappa shape index (κ1) is 21.5. The number of pyridine rings is 1. The summed E-state index contributed by atoms with van der Waals surface area (Å²) in [5.41, 5.74) is 2.60. The van der Waals surface area contributed by atoms with Gasteiger partial charge in [0, 0.05) is 35.9 Å². The number of anilines is 4. The number of nitrogens with one attached hydrogen (secondary N) is 4. The molecule has 4 N–H and O–H groups in total. The maximum atomic E-state index is 15.0. The van der Waals surface area contributed by atoms with E-state index in [2.05, 4.69) is 42.8 Å². The molecule has 1 saturated heterocycles. The normalized spacial score (nSPS) is 13.2. The van der Waals surface area contributed by atoms with Crippen LogP contribution in [-0.2, 0) is 4.79 Å². The largest absolute Gasteiger partial charge is 0.365 e. The Hall–Kier alpha value is -4.37. The van der Waals surface area contributed by atoms with E-state index in [1.165, 1.54) is 12.1 Å². The van der Waals surface area contributed by atoms with Crippen LogP contribution in [0.3, 0.4) is 0 Å². The van der Waals surface area contributed by atoms with Gasteiger partial charge < -0.3 is 21.3 Å². The molecule has 2 aromatic heterocycles. The summed E-state index contributed by atoms with van der Waals surface area (Å²) in [6.07, 6.45) is 4.52. The minimum absolute atomic E-state index is 0.321. The van der Waals surface area contributed by atoms with E-state index in [0.717, 1.165) is 18.9 Å². The number of hydrogen-bond acceptors (Lipinski definition) is 7. The SMILES string of the molecule is C=CC(=O)Nc1cccc(-c2c(F)ccc3cnc(Nc4ccc(NC5CNC5)nc4)nc23)c1. The Kier molecular flexibility index (Phi) is 5.84. The minimum atomic E-state index is -0.424. The Balaban J connectivity index is 1.45. The second kappa shape index (κ2) is 9.24. The summed E-state index contributed by atoms with van der Waals surface area (Å²) in [5.74, 6) is 0.348. The molecule has 0 aliphatic carbocycles. The van der Waals surface area contributed by atoms with Gasteiger partial charge in [0.1, 0.15) is 11.6 Å². The third-order valence-corrected chi connectivity index (χ3v) is 5.46. The van der Waals surface area contributed by atoms with Crippen LogP contribution in [0.15, 0.2) is 73.6 Å². The summed E-state index contributed by atoms with van der Waals surface area (Å²) in [5, 5.41) is 13.1. The van der Waals surface area contributed by atoms with Crippen LogP contribution < -0.4 is 21.3 Å². The van der Waals surface area contributed by atoms with Gasteiger partial charge in [0.25, 0.3) is 0 Å². The number of hydrogen-bond donors (Lipinski definition) is 4. The summed E-state index contributed by atoms with van der Waals surface area (Å²) in [6.45, 7) is 5.31. The van der Waals surface area contributed by atoms with Gasteiger partial charge in [-0.1, -0.05) is 18.7 Å². The molecule has 3 heterocycles. The van der Waals surface area contributed by atoms with E-state index in [1.54, 1.807) is 42.7 Å². The van der Waals surface area contributed by atoms with Crippen LogP contribution in [0.1, 0.15) is 0 Å². The first-order valence-corrected chi connectivity index (χ1v) is 10.8. The minimum Gasteiger partial charge on any atom is -0.365 e. The predicted molar refractivity (Wildman–Crippen MR) is 132 cm³/mol. The number of fused-ring (bicyclic) bond motifs is 1. The van der Waals surface area contributed by atoms with E-state index in [9.17, 15) is 4.79 Å². The average molecular weight is 455 g/mol. The molecular formula is C25H22FN7O. The number of amides is 1. The van der Waals surface area contributed by atoms with Gasteiger partial charge >= 0.3 is 0 Å². The molecular weight excluding hydrogens is 433 g/mol. The van der Waals surface area contributed by atoms with Gasteiger partial charge in [0.05, 0.1) is 23.4 Å². The quantitative estimate of drug-likeness (QED) is 0.311. The van der Waals surface area contributed by atoms with Crippen LogP contribution in [0.4, 0.5) is 27.5 Å². The first-order valence-electron chi connectivity index (χ1n) is 10.8. The standard InChI is InChI=1S/C25H22FN7O/c1-2-22(34)31-17-5-3-4-15(10-17)23-20(26)8-6-16-11-29-25(33-24(16)23)32-18-7-9-21(28-14-18)30-19-12-27-13-19/h2-11,14,19,27H,1,12-13H2,(H,28,30)(H,31,34)(H,29,32,33). The number of nitrogens with zero attached hydrogens (tertiary/aromatic N) is 3. The van der Waals surface area contributed by atoms with Gasteiger partial charge in [0.15, 0.2) is 0 Å². The molecule has 0 saturated carbocycles. The van der Waals surface area contributed by atoms with E-state index in [-0.39, 0.29) is 5.91 Å². The van der Waals surface area contributed by atoms with Crippen LogP contribution in [-0.4, -0.2) is 40.0 Å². The zero-order chi connectivity index (χ0) is 23.5. The fourth-order valence-electron chi connectivity index (χ4n) is 3.64. The number of rotatable bonds is 7. The van der Waals surface area contributed by atoms with Crippen molar-refractivity contribution in [2.75, 3.05) is 29.0 Å². The van der Waals surface area contributed by atoms with E-state index in [4.69, 9.17) is 0 Å². The molecule has 0 bridgehead atoms. The highest BCUT2D eigenvalue weighted by Gasteiger charge is 2.17. The molecule has 0 radical (unpaired) electrons. The molecule has 1 aliphatic rings. The van der Waals surface area contributed by atoms with Crippen molar-refractivity contribution in [3.05, 3.63) is 79.4 Å². The molecule has 0 unspecified atom stereocenters. The van der Waals surface area contributed by atoms with Crippen molar-refractivity contribution in [1.29, 1.82) is 0 Å². The highest BCUT2D eigenvalue weighted by atomic mass is 19.1. The highest BCUT2D eigenvalue weighted by Crippen LogP contribution is 2.32. The van der Waals surface area contributed by atoms with Crippen LogP contribution in [0.25, 0.3) is 22.0 Å². The third kappa shape index (κ3) is 4.55. The Bertz CT molecular complexity index is 1370. The number of benzene rings is 2. The van der Waals surface area contributed by atoms with Gasteiger partial charge in [-0.2, -0.15) is 0 Å². The van der Waals surface area contributed by atoms with Crippen LogP contribution in [0.2, 0.25) is 0 Å². The third-order valence-electron chi connectivity index (χ3n) is 5.46. The Morgan fingerprint density at radius 1 is 1.09 bits per heavy atom. The summed E-state index contributed by atoms with van der Waals surface area (Å²) in [4.78, 5) is 25.0. The summed E-state index contributed by atoms with van der Waals surface area (Å²) in [7, 11) is 0. The van der Waals surface area contributed by atoms with Crippen LogP contribution >= 0.6 is 0 Å². The lowest BCUT2D eigenvalue weighted by Crippen LogP contribution is -2.51. The average Bonchev–Trinajstić information content (AvgIpc) is 2.82. The van der Waals surface area contributed by atoms with Crippen LogP contribution in [0, 0.1) is 5.82 Å². The lowest BCUT2D eigenvalue weighted by Gasteiger charge is -2.28. The number of carbonyl (C=O) groups is 1. The molecule has 0 spiro atoms. The molecule has 1 fully saturated rings. The van der Waals surface area contributed by atoms with Gasteiger partial charge in [-0.3, -0.25) is 4.79 Å². The van der Waals surface area contributed by atoms with E-state index >= 15 is 4.39 Å². The Morgan fingerprint density at radius 2 is 1.97 bits per heavy atom. The van der Waals surface area contributed by atoms with Gasteiger partial charge in [-0.05, 0) is 48.0 Å². The maximum Gasteiger partial charge on any atom is 0.247 e. The van der Waals surface area contributed by atoms with Crippen molar-refractivity contribution < 1.29 is 9.18 Å². The zero-order valence-electron chi connectivity index (χ0n) is 18.2. The van der Waals surface area contributed by atoms with Crippen molar-refractivity contribution in [3.8, 4) is 11.1 Å². The first-order chi connectivity index (χ1) is 16.6.